The van der Waals surface area contributed by atoms with E-state index in [1.807, 2.05) is 18.2 Å². The van der Waals surface area contributed by atoms with E-state index < -0.39 is 10.0 Å². The van der Waals surface area contributed by atoms with E-state index in [1.165, 1.54) is 4.31 Å². The highest BCUT2D eigenvalue weighted by Crippen LogP contribution is 2.38. The number of benzene rings is 2. The minimum absolute atomic E-state index is 0.116. The molecule has 0 saturated carbocycles. The molecule has 176 valence electrons. The van der Waals surface area contributed by atoms with Gasteiger partial charge in [-0.05, 0) is 74.2 Å². The minimum Gasteiger partial charge on any atom is -0.486 e. The third-order valence-corrected chi connectivity index (χ3v) is 8.42. The van der Waals surface area contributed by atoms with Crippen LogP contribution in [0.3, 0.4) is 0 Å². The van der Waals surface area contributed by atoms with Gasteiger partial charge in [0, 0.05) is 24.8 Å². The zero-order chi connectivity index (χ0) is 22.8. The van der Waals surface area contributed by atoms with Gasteiger partial charge in [0.2, 0.25) is 15.9 Å². The number of anilines is 1. The normalized spacial score (nSPS) is 21.3. The number of ether oxygens (including phenoxy) is 2. The zero-order valence-electron chi connectivity index (χ0n) is 18.5. The lowest BCUT2D eigenvalue weighted by Crippen LogP contribution is -2.33. The van der Waals surface area contributed by atoms with Crippen molar-refractivity contribution in [3.8, 4) is 11.5 Å². The molecule has 1 N–H and O–H groups in total. The van der Waals surface area contributed by atoms with Crippen LogP contribution in [0, 0.1) is 0 Å². The van der Waals surface area contributed by atoms with E-state index in [0.717, 1.165) is 49.3 Å². The molecule has 2 fully saturated rings. The van der Waals surface area contributed by atoms with E-state index in [-0.39, 0.29) is 23.4 Å². The molecule has 0 unspecified atom stereocenters. The Kier molecular flexibility index (Phi) is 6.27. The number of amides is 1. The lowest BCUT2D eigenvalue weighted by molar-refractivity contribution is -0.117. The molecule has 0 aromatic heterocycles. The Bertz CT molecular complexity index is 1110. The SMILES string of the molecule is O=C(CN1CCC[C@@H]1c1ccc2c(c1)OCCO2)Nc1ccc(S(=O)(=O)N2CCCC2)cc1. The van der Waals surface area contributed by atoms with E-state index in [9.17, 15) is 13.2 Å². The Morgan fingerprint density at radius 1 is 0.939 bits per heavy atom. The third-order valence-electron chi connectivity index (χ3n) is 6.50. The van der Waals surface area contributed by atoms with Gasteiger partial charge in [0.05, 0.1) is 11.4 Å². The van der Waals surface area contributed by atoms with E-state index in [1.54, 1.807) is 24.3 Å². The Balaban J connectivity index is 1.21. The highest BCUT2D eigenvalue weighted by Gasteiger charge is 2.29. The van der Waals surface area contributed by atoms with Gasteiger partial charge in [-0.3, -0.25) is 9.69 Å². The van der Waals surface area contributed by atoms with E-state index in [4.69, 9.17) is 9.47 Å². The van der Waals surface area contributed by atoms with Gasteiger partial charge in [0.1, 0.15) is 13.2 Å². The van der Waals surface area contributed by atoms with Gasteiger partial charge in [-0.2, -0.15) is 4.31 Å². The van der Waals surface area contributed by atoms with Crippen LogP contribution in [-0.2, 0) is 14.8 Å². The van der Waals surface area contributed by atoms with Crippen molar-refractivity contribution in [1.82, 2.24) is 9.21 Å². The molecule has 2 aromatic carbocycles. The number of hydrogen-bond donors (Lipinski definition) is 1. The maximum Gasteiger partial charge on any atom is 0.243 e. The molecule has 33 heavy (non-hydrogen) atoms. The van der Waals surface area contributed by atoms with E-state index in [2.05, 4.69) is 10.2 Å². The Morgan fingerprint density at radius 3 is 2.42 bits per heavy atom. The maximum absolute atomic E-state index is 12.7. The molecule has 2 saturated heterocycles. The standard InChI is InChI=1S/C24H29N3O5S/c28-24(25-19-6-8-20(9-7-19)33(29,30)27-12-1-2-13-27)17-26-11-3-4-21(26)18-5-10-22-23(16-18)32-15-14-31-22/h5-10,16,21H,1-4,11-15,17H2,(H,25,28)/t21-/m1/s1. The van der Waals surface area contributed by atoms with Crippen LogP contribution in [0.4, 0.5) is 5.69 Å². The smallest absolute Gasteiger partial charge is 0.243 e. The van der Waals surface area contributed by atoms with Crippen LogP contribution in [0.5, 0.6) is 11.5 Å². The highest BCUT2D eigenvalue weighted by atomic mass is 32.2. The Hall–Kier alpha value is -2.62. The summed E-state index contributed by atoms with van der Waals surface area (Å²) in [7, 11) is -3.45. The Labute approximate surface area is 194 Å². The highest BCUT2D eigenvalue weighted by molar-refractivity contribution is 7.89. The number of carbonyl (C=O) groups excluding carboxylic acids is 1. The summed E-state index contributed by atoms with van der Waals surface area (Å²) >= 11 is 0. The summed E-state index contributed by atoms with van der Waals surface area (Å²) < 4.78 is 38.2. The summed E-state index contributed by atoms with van der Waals surface area (Å²) in [5, 5.41) is 2.91. The fourth-order valence-corrected chi connectivity index (χ4v) is 6.35. The number of rotatable bonds is 6. The number of sulfonamides is 1. The first-order valence-corrected chi connectivity index (χ1v) is 13.0. The van der Waals surface area contributed by atoms with Gasteiger partial charge < -0.3 is 14.8 Å². The van der Waals surface area contributed by atoms with E-state index >= 15 is 0 Å². The molecule has 3 heterocycles. The first kappa shape index (κ1) is 22.2. The molecule has 9 heteroatoms. The van der Waals surface area contributed by atoms with Crippen molar-refractivity contribution in [3.63, 3.8) is 0 Å². The largest absolute Gasteiger partial charge is 0.486 e. The van der Waals surface area contributed by atoms with E-state index in [0.29, 0.717) is 32.0 Å². The van der Waals surface area contributed by atoms with Gasteiger partial charge >= 0.3 is 0 Å². The number of nitrogens with one attached hydrogen (secondary N) is 1. The average Bonchev–Trinajstić information content (AvgIpc) is 3.52. The molecular weight excluding hydrogens is 442 g/mol. The summed E-state index contributed by atoms with van der Waals surface area (Å²) in [6.07, 6.45) is 3.81. The fourth-order valence-electron chi connectivity index (χ4n) is 4.83. The van der Waals surface area contributed by atoms with Crippen molar-refractivity contribution in [3.05, 3.63) is 48.0 Å². The second-order valence-corrected chi connectivity index (χ2v) is 10.7. The first-order valence-electron chi connectivity index (χ1n) is 11.5. The van der Waals surface area contributed by atoms with Crippen molar-refractivity contribution in [2.45, 2.75) is 36.6 Å². The van der Waals surface area contributed by atoms with Gasteiger partial charge in [0.15, 0.2) is 11.5 Å². The summed E-state index contributed by atoms with van der Waals surface area (Å²) in [4.78, 5) is 15.2. The lowest BCUT2D eigenvalue weighted by atomic mass is 10.0. The number of nitrogens with zero attached hydrogens (tertiary/aromatic N) is 2. The number of fused-ring (bicyclic) bond motifs is 1. The van der Waals surface area contributed by atoms with Crippen molar-refractivity contribution in [1.29, 1.82) is 0 Å². The molecule has 2 aromatic rings. The molecule has 1 atom stereocenters. The molecule has 0 radical (unpaired) electrons. The molecule has 0 bridgehead atoms. The quantitative estimate of drug-likeness (QED) is 0.697. The lowest BCUT2D eigenvalue weighted by Gasteiger charge is -2.26. The van der Waals surface area contributed by atoms with Crippen LogP contribution in [0.25, 0.3) is 0 Å². The van der Waals surface area contributed by atoms with Crippen LogP contribution < -0.4 is 14.8 Å². The predicted octanol–water partition coefficient (Wildman–Crippen LogP) is 3.02. The topological polar surface area (TPSA) is 88.2 Å². The fraction of sp³-hybridized carbons (Fsp3) is 0.458. The maximum atomic E-state index is 12.7. The summed E-state index contributed by atoms with van der Waals surface area (Å²) in [6, 6.07) is 12.6. The second-order valence-electron chi connectivity index (χ2n) is 8.72. The summed E-state index contributed by atoms with van der Waals surface area (Å²) in [5.74, 6) is 1.41. The molecule has 0 spiro atoms. The molecule has 3 aliphatic heterocycles. The molecule has 8 nitrogen and oxygen atoms in total. The van der Waals surface area contributed by atoms with Crippen LogP contribution in [0.2, 0.25) is 0 Å². The zero-order valence-corrected chi connectivity index (χ0v) is 19.4. The number of carbonyl (C=O) groups is 1. The van der Waals surface area contributed by atoms with Crippen molar-refractivity contribution >= 4 is 21.6 Å². The van der Waals surface area contributed by atoms with Crippen molar-refractivity contribution in [2.24, 2.45) is 0 Å². The summed E-state index contributed by atoms with van der Waals surface area (Å²) in [6.45, 7) is 3.37. The molecular formula is C24H29N3O5S. The van der Waals surface area contributed by atoms with Crippen LogP contribution in [0.1, 0.15) is 37.3 Å². The van der Waals surface area contributed by atoms with Crippen LogP contribution in [-0.4, -0.2) is 62.9 Å². The molecule has 3 aliphatic rings. The average molecular weight is 472 g/mol. The first-order chi connectivity index (χ1) is 16.0. The van der Waals surface area contributed by atoms with Gasteiger partial charge in [-0.15, -0.1) is 0 Å². The Morgan fingerprint density at radius 2 is 1.67 bits per heavy atom. The van der Waals surface area contributed by atoms with Crippen molar-refractivity contribution < 1.29 is 22.7 Å². The van der Waals surface area contributed by atoms with Gasteiger partial charge in [-0.1, -0.05) is 6.07 Å². The predicted molar refractivity (Wildman–Crippen MR) is 124 cm³/mol. The minimum atomic E-state index is -3.45. The monoisotopic (exact) mass is 471 g/mol. The second kappa shape index (κ2) is 9.32. The van der Waals surface area contributed by atoms with Gasteiger partial charge in [0.25, 0.3) is 0 Å². The summed E-state index contributed by atoms with van der Waals surface area (Å²) in [5.41, 5.74) is 1.72. The number of hydrogen-bond acceptors (Lipinski definition) is 6. The number of likely N-dealkylation sites (tertiary alicyclic amines) is 1. The van der Waals surface area contributed by atoms with Crippen LogP contribution >= 0.6 is 0 Å². The van der Waals surface area contributed by atoms with Gasteiger partial charge in [-0.25, -0.2) is 8.42 Å². The van der Waals surface area contributed by atoms with Crippen molar-refractivity contribution in [2.75, 3.05) is 44.7 Å². The third kappa shape index (κ3) is 4.71. The van der Waals surface area contributed by atoms with Crippen LogP contribution in [0.15, 0.2) is 47.4 Å². The molecule has 1 amide bonds. The molecule has 0 aliphatic carbocycles. The molecule has 5 rings (SSSR count).